The summed E-state index contributed by atoms with van der Waals surface area (Å²) in [5, 5.41) is 10.7. The maximum Gasteiger partial charge on any atom is 0.0622 e. The van der Waals surface area contributed by atoms with E-state index in [-0.39, 0.29) is 0 Å². The van der Waals surface area contributed by atoms with Gasteiger partial charge in [-0.25, -0.2) is 0 Å². The fourth-order valence-corrected chi connectivity index (χ4v) is 2.83. The Morgan fingerprint density at radius 1 is 1.12 bits per heavy atom. The van der Waals surface area contributed by atoms with Gasteiger partial charge in [0.15, 0.2) is 0 Å². The maximum atomic E-state index is 12.0. The Labute approximate surface area is 103 Å². The van der Waals surface area contributed by atoms with Crippen molar-refractivity contribution < 1.29 is 4.21 Å². The van der Waals surface area contributed by atoms with Crippen LogP contribution in [0.5, 0.6) is 0 Å². The molecule has 0 aliphatic rings. The summed E-state index contributed by atoms with van der Waals surface area (Å²) >= 11 is 0. The Bertz CT molecular complexity index is 586. The molecule has 2 nitrogen and oxygen atoms in total. The zero-order chi connectivity index (χ0) is 12.1. The predicted molar refractivity (Wildman–Crippen MR) is 70.1 cm³/mol. The molecular weight excluding hydrogens is 230 g/mol. The van der Waals surface area contributed by atoms with Crippen molar-refractivity contribution in [3.05, 3.63) is 42.5 Å². The monoisotopic (exact) mass is 243 g/mol. The van der Waals surface area contributed by atoms with E-state index in [4.69, 9.17) is 5.26 Å². The minimum absolute atomic E-state index is 0.472. The van der Waals surface area contributed by atoms with Crippen LogP contribution in [0.2, 0.25) is 0 Å². The second-order valence-electron chi connectivity index (χ2n) is 3.82. The van der Waals surface area contributed by atoms with Crippen LogP contribution in [-0.4, -0.2) is 9.96 Å². The zero-order valence-corrected chi connectivity index (χ0v) is 10.2. The van der Waals surface area contributed by atoms with Gasteiger partial charge in [0, 0.05) is 17.1 Å². The molecule has 0 aliphatic carbocycles. The minimum Gasteiger partial charge on any atom is -0.254 e. The van der Waals surface area contributed by atoms with E-state index in [2.05, 4.69) is 6.07 Å². The van der Waals surface area contributed by atoms with Gasteiger partial charge in [-0.2, -0.15) is 5.26 Å². The van der Waals surface area contributed by atoms with Crippen molar-refractivity contribution in [1.82, 2.24) is 0 Å². The number of fused-ring (bicyclic) bond motifs is 1. The molecule has 0 aromatic heterocycles. The second-order valence-corrected chi connectivity index (χ2v) is 5.39. The van der Waals surface area contributed by atoms with Crippen LogP contribution in [0, 0.1) is 11.3 Å². The van der Waals surface area contributed by atoms with Crippen molar-refractivity contribution in [2.45, 2.75) is 17.7 Å². The summed E-state index contributed by atoms with van der Waals surface area (Å²) < 4.78 is 12.0. The number of rotatable bonds is 4. The first-order valence-electron chi connectivity index (χ1n) is 5.55. The van der Waals surface area contributed by atoms with E-state index in [9.17, 15) is 4.21 Å². The minimum atomic E-state index is -0.992. The lowest BCUT2D eigenvalue weighted by Gasteiger charge is -2.03. The summed E-state index contributed by atoms with van der Waals surface area (Å²) in [5.41, 5.74) is 0. The van der Waals surface area contributed by atoms with E-state index >= 15 is 0 Å². The van der Waals surface area contributed by atoms with Crippen LogP contribution in [0.3, 0.4) is 0 Å². The van der Waals surface area contributed by atoms with Gasteiger partial charge >= 0.3 is 0 Å². The number of hydrogen-bond donors (Lipinski definition) is 0. The Hall–Kier alpha value is -1.66. The lowest BCUT2D eigenvalue weighted by molar-refractivity contribution is 0.681. The van der Waals surface area contributed by atoms with Crippen LogP contribution in [0.1, 0.15) is 12.8 Å². The second kappa shape index (κ2) is 5.60. The standard InChI is InChI=1S/C14H13NOS/c15-9-3-4-10-17(16)14-8-7-12-5-1-2-6-13(12)11-14/h1-2,5-8,11H,3-4,10H2. The van der Waals surface area contributed by atoms with Gasteiger partial charge in [0.25, 0.3) is 0 Å². The summed E-state index contributed by atoms with van der Waals surface area (Å²) in [6.45, 7) is 0. The van der Waals surface area contributed by atoms with Crippen LogP contribution in [0.15, 0.2) is 47.4 Å². The molecule has 0 saturated carbocycles. The molecule has 0 saturated heterocycles. The quantitative estimate of drug-likeness (QED) is 0.773. The van der Waals surface area contributed by atoms with Crippen molar-refractivity contribution in [2.75, 3.05) is 5.75 Å². The van der Waals surface area contributed by atoms with Gasteiger partial charge in [0.2, 0.25) is 0 Å². The SMILES string of the molecule is N#CCCCS(=O)c1ccc2ccccc2c1. The number of nitriles is 1. The Morgan fingerprint density at radius 2 is 1.88 bits per heavy atom. The van der Waals surface area contributed by atoms with E-state index < -0.39 is 10.8 Å². The molecular formula is C14H13NOS. The average Bonchev–Trinajstić information content (AvgIpc) is 2.38. The maximum absolute atomic E-state index is 12.0. The highest BCUT2D eigenvalue weighted by Gasteiger charge is 2.04. The van der Waals surface area contributed by atoms with Crippen LogP contribution in [0.25, 0.3) is 10.8 Å². The molecule has 0 spiro atoms. The third-order valence-electron chi connectivity index (χ3n) is 2.60. The topological polar surface area (TPSA) is 40.9 Å². The van der Waals surface area contributed by atoms with Gasteiger partial charge < -0.3 is 0 Å². The molecule has 86 valence electrons. The van der Waals surface area contributed by atoms with Gasteiger partial charge in [-0.15, -0.1) is 0 Å². The fraction of sp³-hybridized carbons (Fsp3) is 0.214. The number of hydrogen-bond acceptors (Lipinski definition) is 2. The van der Waals surface area contributed by atoms with Gasteiger partial charge in [0.05, 0.1) is 16.9 Å². The molecule has 0 amide bonds. The summed E-state index contributed by atoms with van der Waals surface area (Å²) in [6.07, 6.45) is 1.16. The first kappa shape index (κ1) is 11.8. The summed E-state index contributed by atoms with van der Waals surface area (Å²) in [6, 6.07) is 16.0. The zero-order valence-electron chi connectivity index (χ0n) is 9.43. The molecule has 1 unspecified atom stereocenters. The molecule has 0 radical (unpaired) electrons. The highest BCUT2D eigenvalue weighted by Crippen LogP contribution is 2.18. The highest BCUT2D eigenvalue weighted by molar-refractivity contribution is 7.85. The molecule has 1 atom stereocenters. The van der Waals surface area contributed by atoms with E-state index in [1.54, 1.807) is 0 Å². The molecule has 17 heavy (non-hydrogen) atoms. The summed E-state index contributed by atoms with van der Waals surface area (Å²) in [4.78, 5) is 0.849. The van der Waals surface area contributed by atoms with Crippen LogP contribution < -0.4 is 0 Å². The molecule has 2 rings (SSSR count). The number of nitrogens with zero attached hydrogens (tertiary/aromatic N) is 1. The molecule has 2 aromatic carbocycles. The van der Waals surface area contributed by atoms with Crippen LogP contribution in [-0.2, 0) is 10.8 Å². The summed E-state index contributed by atoms with van der Waals surface area (Å²) in [7, 11) is -0.992. The Morgan fingerprint density at radius 3 is 2.65 bits per heavy atom. The normalized spacial score (nSPS) is 12.2. The molecule has 0 heterocycles. The largest absolute Gasteiger partial charge is 0.254 e. The third kappa shape index (κ3) is 2.92. The molecule has 0 N–H and O–H groups in total. The average molecular weight is 243 g/mol. The Balaban J connectivity index is 2.19. The molecule has 3 heteroatoms. The third-order valence-corrected chi connectivity index (χ3v) is 4.04. The van der Waals surface area contributed by atoms with Gasteiger partial charge in [0.1, 0.15) is 0 Å². The lowest BCUT2D eigenvalue weighted by atomic mass is 10.1. The van der Waals surface area contributed by atoms with Crippen molar-refractivity contribution in [1.29, 1.82) is 5.26 Å². The smallest absolute Gasteiger partial charge is 0.0622 e. The molecule has 0 aliphatic heterocycles. The van der Waals surface area contributed by atoms with Crippen molar-refractivity contribution in [3.63, 3.8) is 0 Å². The van der Waals surface area contributed by atoms with Gasteiger partial charge in [-0.1, -0.05) is 30.3 Å². The molecule has 0 fully saturated rings. The van der Waals surface area contributed by atoms with Gasteiger partial charge in [-0.3, -0.25) is 4.21 Å². The Kier molecular flexibility index (Phi) is 3.89. The van der Waals surface area contributed by atoms with Crippen molar-refractivity contribution in [2.24, 2.45) is 0 Å². The van der Waals surface area contributed by atoms with E-state index in [0.29, 0.717) is 18.6 Å². The van der Waals surface area contributed by atoms with E-state index in [1.807, 2.05) is 42.5 Å². The first-order chi connectivity index (χ1) is 8.31. The highest BCUT2D eigenvalue weighted by atomic mass is 32.2. The van der Waals surface area contributed by atoms with E-state index in [1.165, 1.54) is 0 Å². The first-order valence-corrected chi connectivity index (χ1v) is 6.87. The van der Waals surface area contributed by atoms with Crippen LogP contribution in [0.4, 0.5) is 0 Å². The number of unbranched alkanes of at least 4 members (excludes halogenated alkanes) is 1. The molecule has 2 aromatic rings. The fourth-order valence-electron chi connectivity index (χ4n) is 1.71. The summed E-state index contributed by atoms with van der Waals surface area (Å²) in [5.74, 6) is 0.561. The van der Waals surface area contributed by atoms with E-state index in [0.717, 1.165) is 15.7 Å². The van der Waals surface area contributed by atoms with Crippen LogP contribution >= 0.6 is 0 Å². The molecule has 0 bridgehead atoms. The van der Waals surface area contributed by atoms with Crippen molar-refractivity contribution in [3.8, 4) is 6.07 Å². The number of benzene rings is 2. The predicted octanol–water partition coefficient (Wildman–Crippen LogP) is 3.25. The van der Waals surface area contributed by atoms with Crippen molar-refractivity contribution >= 4 is 21.6 Å². The lowest BCUT2D eigenvalue weighted by Crippen LogP contribution is -1.97. The van der Waals surface area contributed by atoms with Gasteiger partial charge in [-0.05, 0) is 29.3 Å².